The molecule has 0 aliphatic rings. The smallest absolute Gasteiger partial charge is 0.286 e. The molecule has 0 saturated carbocycles. The fraction of sp³-hybridized carbons (Fsp3) is 0.444. The molecule has 0 bridgehead atoms. The van der Waals surface area contributed by atoms with Gasteiger partial charge in [0.15, 0.2) is 0 Å². The Morgan fingerprint density at radius 3 is 2.50 bits per heavy atom. The number of aliphatic imine (C=N–C) groups is 1. The molecule has 0 aromatic heterocycles. The second kappa shape index (κ2) is 5.41. The van der Waals surface area contributed by atoms with E-state index in [2.05, 4.69) is 30.2 Å². The predicted octanol–water partition coefficient (Wildman–Crippen LogP) is 1.67. The highest BCUT2D eigenvalue weighted by atomic mass is 16.5. The van der Waals surface area contributed by atoms with Crippen LogP contribution in [0, 0.1) is 5.92 Å². The van der Waals surface area contributed by atoms with Gasteiger partial charge in [0, 0.05) is 6.20 Å². The topological polar surface area (TPSA) is 47.6 Å². The fourth-order valence-corrected chi connectivity index (χ4v) is 0.628. The molecule has 0 saturated heterocycles. The first-order valence-corrected chi connectivity index (χ1v) is 3.81. The fourth-order valence-electron chi connectivity index (χ4n) is 0.628. The first-order chi connectivity index (χ1) is 5.61. The Morgan fingerprint density at radius 2 is 2.17 bits per heavy atom. The second-order valence-corrected chi connectivity index (χ2v) is 2.66. The van der Waals surface area contributed by atoms with Crippen LogP contribution in [-0.2, 0) is 4.74 Å². The lowest BCUT2D eigenvalue weighted by molar-refractivity contribution is 0.396. The molecule has 2 N–H and O–H groups in total. The normalized spacial score (nSPS) is 13.3. The summed E-state index contributed by atoms with van der Waals surface area (Å²) in [5, 5.41) is 0. The van der Waals surface area contributed by atoms with Crippen molar-refractivity contribution < 1.29 is 4.74 Å². The first-order valence-electron chi connectivity index (χ1n) is 3.81. The van der Waals surface area contributed by atoms with Crippen molar-refractivity contribution in [3.05, 3.63) is 24.4 Å². The van der Waals surface area contributed by atoms with Gasteiger partial charge in [-0.05, 0) is 11.5 Å². The largest absolute Gasteiger partial charge is 0.469 e. The zero-order valence-electron chi connectivity index (χ0n) is 7.87. The molecular weight excluding hydrogens is 152 g/mol. The minimum atomic E-state index is 0.162. The molecule has 0 fully saturated rings. The van der Waals surface area contributed by atoms with E-state index in [9.17, 15) is 0 Å². The Labute approximate surface area is 73.6 Å². The molecule has 12 heavy (non-hydrogen) atoms. The molecule has 0 atom stereocenters. The van der Waals surface area contributed by atoms with Crippen LogP contribution in [0.3, 0.4) is 0 Å². The summed E-state index contributed by atoms with van der Waals surface area (Å²) in [6.45, 7) is 7.79. The Morgan fingerprint density at radius 1 is 1.58 bits per heavy atom. The van der Waals surface area contributed by atoms with Gasteiger partial charge in [0.05, 0.1) is 7.11 Å². The summed E-state index contributed by atoms with van der Waals surface area (Å²) < 4.78 is 4.67. The highest BCUT2D eigenvalue weighted by Gasteiger charge is 1.96. The minimum absolute atomic E-state index is 0.162. The van der Waals surface area contributed by atoms with Crippen LogP contribution in [0.5, 0.6) is 0 Å². The first kappa shape index (κ1) is 10.8. The lowest BCUT2D eigenvalue weighted by Crippen LogP contribution is -2.12. The molecule has 0 spiro atoms. The summed E-state index contributed by atoms with van der Waals surface area (Å²) in [5.74, 6) is 0.399. The third-order valence-corrected chi connectivity index (χ3v) is 1.45. The molecule has 3 heteroatoms. The number of hydrogen-bond acceptors (Lipinski definition) is 2. The van der Waals surface area contributed by atoms with Crippen LogP contribution < -0.4 is 5.73 Å². The van der Waals surface area contributed by atoms with Crippen LogP contribution in [0.4, 0.5) is 0 Å². The number of hydrogen-bond donors (Lipinski definition) is 1. The number of rotatable bonds is 3. The second-order valence-electron chi connectivity index (χ2n) is 2.66. The molecule has 0 rings (SSSR count). The molecule has 0 aromatic rings. The highest BCUT2D eigenvalue weighted by Crippen LogP contribution is 2.09. The van der Waals surface area contributed by atoms with Crippen LogP contribution in [0.1, 0.15) is 13.8 Å². The van der Waals surface area contributed by atoms with Crippen molar-refractivity contribution >= 4 is 6.02 Å². The summed E-state index contributed by atoms with van der Waals surface area (Å²) in [6, 6.07) is 0.162. The Balaban J connectivity index is 4.40. The molecule has 68 valence electrons. The van der Waals surface area contributed by atoms with Crippen LogP contribution in [0.25, 0.3) is 0 Å². The van der Waals surface area contributed by atoms with E-state index in [-0.39, 0.29) is 6.02 Å². The van der Waals surface area contributed by atoms with Gasteiger partial charge in [-0.25, -0.2) is 4.99 Å². The van der Waals surface area contributed by atoms with E-state index >= 15 is 0 Å². The lowest BCUT2D eigenvalue weighted by Gasteiger charge is -2.03. The third-order valence-electron chi connectivity index (χ3n) is 1.45. The van der Waals surface area contributed by atoms with Crippen LogP contribution >= 0.6 is 0 Å². The maximum atomic E-state index is 5.33. The van der Waals surface area contributed by atoms with Gasteiger partial charge in [-0.15, -0.1) is 0 Å². The quantitative estimate of drug-likeness (QED) is 0.396. The van der Waals surface area contributed by atoms with E-state index in [1.807, 2.05) is 0 Å². The molecule has 0 aliphatic heterocycles. The number of nitrogens with two attached hydrogens (primary N) is 1. The Hall–Kier alpha value is -1.25. The lowest BCUT2D eigenvalue weighted by atomic mass is 10.1. The van der Waals surface area contributed by atoms with Gasteiger partial charge in [0.1, 0.15) is 0 Å². The monoisotopic (exact) mass is 168 g/mol. The molecule has 0 unspecified atom stereocenters. The molecule has 0 aliphatic carbocycles. The molecule has 0 amide bonds. The maximum Gasteiger partial charge on any atom is 0.286 e. The van der Waals surface area contributed by atoms with E-state index in [0.717, 1.165) is 5.57 Å². The van der Waals surface area contributed by atoms with Crippen molar-refractivity contribution in [2.24, 2.45) is 16.6 Å². The molecule has 0 radical (unpaired) electrons. The Bertz CT molecular complexity index is 205. The van der Waals surface area contributed by atoms with E-state index in [0.29, 0.717) is 5.92 Å². The van der Waals surface area contributed by atoms with Crippen molar-refractivity contribution in [1.82, 2.24) is 0 Å². The van der Waals surface area contributed by atoms with E-state index in [1.54, 1.807) is 12.3 Å². The number of nitrogens with zero attached hydrogens (tertiary/aromatic N) is 1. The zero-order valence-corrected chi connectivity index (χ0v) is 7.87. The van der Waals surface area contributed by atoms with E-state index in [1.165, 1.54) is 7.11 Å². The van der Waals surface area contributed by atoms with Gasteiger partial charge in [-0.3, -0.25) is 0 Å². The van der Waals surface area contributed by atoms with Gasteiger partial charge in [0.2, 0.25) is 0 Å². The van der Waals surface area contributed by atoms with Crippen LogP contribution in [0.2, 0.25) is 0 Å². The average Bonchev–Trinajstić information content (AvgIpc) is 2.04. The number of allylic oxidation sites excluding steroid dienone is 2. The van der Waals surface area contributed by atoms with Crippen molar-refractivity contribution in [1.29, 1.82) is 0 Å². The highest BCUT2D eigenvalue weighted by molar-refractivity contribution is 5.71. The molecule has 0 aromatic carbocycles. The van der Waals surface area contributed by atoms with Gasteiger partial charge >= 0.3 is 0 Å². The summed E-state index contributed by atoms with van der Waals surface area (Å²) >= 11 is 0. The predicted molar refractivity (Wildman–Crippen MR) is 51.7 cm³/mol. The van der Waals surface area contributed by atoms with Crippen molar-refractivity contribution in [3.8, 4) is 0 Å². The number of methoxy groups -OCH3 is 1. The van der Waals surface area contributed by atoms with Crippen molar-refractivity contribution in [2.75, 3.05) is 7.11 Å². The maximum absolute atomic E-state index is 5.33. The summed E-state index contributed by atoms with van der Waals surface area (Å²) in [7, 11) is 1.48. The Kier molecular flexibility index (Phi) is 4.84. The van der Waals surface area contributed by atoms with Gasteiger partial charge < -0.3 is 10.5 Å². The van der Waals surface area contributed by atoms with Crippen LogP contribution in [0.15, 0.2) is 29.4 Å². The van der Waals surface area contributed by atoms with Crippen LogP contribution in [-0.4, -0.2) is 13.1 Å². The SMILES string of the molecule is C=C/C(=C\N=C(N)OC)C(C)C. The number of amidine groups is 1. The zero-order chi connectivity index (χ0) is 9.56. The molecular formula is C9H16N2O. The summed E-state index contributed by atoms with van der Waals surface area (Å²) in [6.07, 6.45) is 3.42. The van der Waals surface area contributed by atoms with Gasteiger partial charge in [-0.2, -0.15) is 0 Å². The van der Waals surface area contributed by atoms with Gasteiger partial charge in [0.25, 0.3) is 6.02 Å². The third kappa shape index (κ3) is 3.81. The standard InChI is InChI=1S/C9H16N2O/c1-5-8(7(2)3)6-11-9(10)12-4/h5-7H,1H2,2-4H3,(H2,10,11)/b8-6+. The summed E-state index contributed by atoms with van der Waals surface area (Å²) in [4.78, 5) is 3.87. The van der Waals surface area contributed by atoms with E-state index < -0.39 is 0 Å². The molecule has 0 heterocycles. The van der Waals surface area contributed by atoms with Crippen molar-refractivity contribution in [2.45, 2.75) is 13.8 Å². The van der Waals surface area contributed by atoms with E-state index in [4.69, 9.17) is 5.73 Å². The van der Waals surface area contributed by atoms with Gasteiger partial charge in [-0.1, -0.05) is 26.5 Å². The minimum Gasteiger partial charge on any atom is -0.469 e. The number of ether oxygens (including phenoxy) is 1. The molecule has 3 nitrogen and oxygen atoms in total. The average molecular weight is 168 g/mol. The van der Waals surface area contributed by atoms with Crippen molar-refractivity contribution in [3.63, 3.8) is 0 Å². The summed E-state index contributed by atoms with van der Waals surface area (Å²) in [5.41, 5.74) is 6.36.